The highest BCUT2D eigenvalue weighted by atomic mass is 16.6. The summed E-state index contributed by atoms with van der Waals surface area (Å²) in [6.07, 6.45) is 2.28. The molecule has 112 valence electrons. The summed E-state index contributed by atoms with van der Waals surface area (Å²) in [5.74, 6) is 0. The Kier molecular flexibility index (Phi) is 7.18. The van der Waals surface area contributed by atoms with Crippen LogP contribution in [0.5, 0.6) is 0 Å². The van der Waals surface area contributed by atoms with Gasteiger partial charge in [-0.3, -0.25) is 10.1 Å². The van der Waals surface area contributed by atoms with E-state index in [1.54, 1.807) is 12.1 Å². The molecule has 0 amide bonds. The molecule has 0 radical (unpaired) electrons. The Bertz CT molecular complexity index is 421. The first-order chi connectivity index (χ1) is 9.50. The summed E-state index contributed by atoms with van der Waals surface area (Å²) in [6.45, 7) is 7.12. The number of nitro groups is 1. The monoisotopic (exact) mass is 279 g/mol. The van der Waals surface area contributed by atoms with Gasteiger partial charge < -0.3 is 10.2 Å². The maximum absolute atomic E-state index is 10.7. The third-order valence-electron chi connectivity index (χ3n) is 3.45. The van der Waals surface area contributed by atoms with Crippen molar-refractivity contribution in [3.8, 4) is 0 Å². The van der Waals surface area contributed by atoms with Crippen LogP contribution in [0.3, 0.4) is 0 Å². The lowest BCUT2D eigenvalue weighted by atomic mass is 10.2. The van der Waals surface area contributed by atoms with Crippen LogP contribution < -0.4 is 5.32 Å². The molecule has 0 atom stereocenters. The van der Waals surface area contributed by atoms with Crippen LogP contribution in [-0.4, -0.2) is 36.0 Å². The molecule has 0 aliphatic carbocycles. The van der Waals surface area contributed by atoms with Crippen LogP contribution in [0, 0.1) is 10.1 Å². The van der Waals surface area contributed by atoms with Gasteiger partial charge in [0.05, 0.1) is 4.92 Å². The molecule has 0 aliphatic heterocycles. The number of nitro benzene ring substituents is 1. The van der Waals surface area contributed by atoms with Crippen molar-refractivity contribution in [3.05, 3.63) is 39.9 Å². The van der Waals surface area contributed by atoms with Crippen molar-refractivity contribution in [1.82, 2.24) is 10.2 Å². The first-order valence-electron chi connectivity index (χ1n) is 7.15. The van der Waals surface area contributed by atoms with Crippen molar-refractivity contribution < 1.29 is 4.92 Å². The summed E-state index contributed by atoms with van der Waals surface area (Å²) in [7, 11) is 2.14. The number of hydrogen-bond donors (Lipinski definition) is 1. The number of benzene rings is 1. The Morgan fingerprint density at radius 3 is 2.75 bits per heavy atom. The third kappa shape index (κ3) is 6.12. The van der Waals surface area contributed by atoms with Gasteiger partial charge in [-0.2, -0.15) is 0 Å². The highest BCUT2D eigenvalue weighted by molar-refractivity contribution is 5.34. The van der Waals surface area contributed by atoms with Gasteiger partial charge in [0.25, 0.3) is 5.69 Å². The molecule has 0 saturated heterocycles. The first-order valence-corrected chi connectivity index (χ1v) is 7.15. The molecule has 5 heteroatoms. The predicted molar refractivity (Wildman–Crippen MR) is 81.8 cm³/mol. The van der Waals surface area contributed by atoms with E-state index >= 15 is 0 Å². The molecular formula is C15H25N3O2. The van der Waals surface area contributed by atoms with E-state index in [0.29, 0.717) is 12.6 Å². The van der Waals surface area contributed by atoms with Gasteiger partial charge in [0.2, 0.25) is 0 Å². The molecule has 0 saturated carbocycles. The zero-order valence-electron chi connectivity index (χ0n) is 12.6. The lowest BCUT2D eigenvalue weighted by Gasteiger charge is -2.20. The summed E-state index contributed by atoms with van der Waals surface area (Å²) in [4.78, 5) is 12.6. The Morgan fingerprint density at radius 2 is 2.10 bits per heavy atom. The summed E-state index contributed by atoms with van der Waals surface area (Å²) in [6, 6.07) is 7.37. The van der Waals surface area contributed by atoms with Crippen LogP contribution in [-0.2, 0) is 6.54 Å². The molecule has 0 fully saturated rings. The quantitative estimate of drug-likeness (QED) is 0.429. The molecule has 0 heterocycles. The molecule has 1 N–H and O–H groups in total. The van der Waals surface area contributed by atoms with Gasteiger partial charge in [-0.15, -0.1) is 0 Å². The second kappa shape index (κ2) is 8.66. The minimum atomic E-state index is -0.356. The van der Waals surface area contributed by atoms with E-state index in [4.69, 9.17) is 0 Å². The van der Waals surface area contributed by atoms with Crippen LogP contribution in [0.1, 0.15) is 32.3 Å². The molecule has 1 aromatic carbocycles. The fraction of sp³-hybridized carbons (Fsp3) is 0.600. The smallest absolute Gasteiger partial charge is 0.269 e. The highest BCUT2D eigenvalue weighted by Crippen LogP contribution is 2.12. The number of rotatable bonds is 9. The van der Waals surface area contributed by atoms with E-state index in [-0.39, 0.29) is 10.6 Å². The Balaban J connectivity index is 2.18. The van der Waals surface area contributed by atoms with Crippen molar-refractivity contribution in [1.29, 1.82) is 0 Å². The average Bonchev–Trinajstić information content (AvgIpc) is 2.42. The molecule has 0 unspecified atom stereocenters. The van der Waals surface area contributed by atoms with Gasteiger partial charge in [0.15, 0.2) is 0 Å². The van der Waals surface area contributed by atoms with Crippen molar-refractivity contribution in [2.75, 3.05) is 20.1 Å². The van der Waals surface area contributed by atoms with E-state index in [1.165, 1.54) is 6.07 Å². The molecule has 1 rings (SSSR count). The molecule has 0 bridgehead atoms. The van der Waals surface area contributed by atoms with Crippen molar-refractivity contribution >= 4 is 5.69 Å². The SMILES string of the molecule is CC(C)N(C)CCCCNCc1cccc([N+](=O)[O-])c1. The normalized spacial score (nSPS) is 11.2. The third-order valence-corrected chi connectivity index (χ3v) is 3.45. The number of nitrogens with zero attached hydrogens (tertiary/aromatic N) is 2. The van der Waals surface area contributed by atoms with Crippen molar-refractivity contribution in [3.63, 3.8) is 0 Å². The predicted octanol–water partition coefficient (Wildman–Crippen LogP) is 2.80. The average molecular weight is 279 g/mol. The Morgan fingerprint density at radius 1 is 1.35 bits per heavy atom. The lowest BCUT2D eigenvalue weighted by molar-refractivity contribution is -0.384. The molecular weight excluding hydrogens is 254 g/mol. The number of unbranched alkanes of at least 4 members (excludes halogenated alkanes) is 1. The zero-order valence-corrected chi connectivity index (χ0v) is 12.6. The maximum atomic E-state index is 10.7. The van der Waals surface area contributed by atoms with Gasteiger partial charge in [-0.1, -0.05) is 12.1 Å². The second-order valence-corrected chi connectivity index (χ2v) is 5.39. The fourth-order valence-electron chi connectivity index (χ4n) is 1.88. The van der Waals surface area contributed by atoms with E-state index < -0.39 is 0 Å². The standard InChI is InChI=1S/C15H25N3O2/c1-13(2)17(3)10-5-4-9-16-12-14-7-6-8-15(11-14)18(19)20/h6-8,11,13,16H,4-5,9-10,12H2,1-3H3. The first kappa shape index (κ1) is 16.6. The molecule has 0 aliphatic rings. The van der Waals surface area contributed by atoms with Crippen molar-refractivity contribution in [2.24, 2.45) is 0 Å². The topological polar surface area (TPSA) is 58.4 Å². The van der Waals surface area contributed by atoms with Crippen LogP contribution in [0.25, 0.3) is 0 Å². The summed E-state index contributed by atoms with van der Waals surface area (Å²) in [5.41, 5.74) is 1.11. The maximum Gasteiger partial charge on any atom is 0.269 e. The van der Waals surface area contributed by atoms with E-state index in [9.17, 15) is 10.1 Å². The zero-order chi connectivity index (χ0) is 15.0. The van der Waals surface area contributed by atoms with Gasteiger partial charge in [0.1, 0.15) is 0 Å². The number of nitrogens with one attached hydrogen (secondary N) is 1. The molecule has 0 aromatic heterocycles. The fourth-order valence-corrected chi connectivity index (χ4v) is 1.88. The van der Waals surface area contributed by atoms with Crippen LogP contribution in [0.15, 0.2) is 24.3 Å². The minimum absolute atomic E-state index is 0.155. The highest BCUT2D eigenvalue weighted by Gasteiger charge is 2.05. The second-order valence-electron chi connectivity index (χ2n) is 5.39. The largest absolute Gasteiger partial charge is 0.313 e. The minimum Gasteiger partial charge on any atom is -0.313 e. The Labute approximate surface area is 121 Å². The lowest BCUT2D eigenvalue weighted by Crippen LogP contribution is -2.27. The Hall–Kier alpha value is -1.46. The number of hydrogen-bond acceptors (Lipinski definition) is 4. The van der Waals surface area contributed by atoms with E-state index in [0.717, 1.165) is 31.5 Å². The van der Waals surface area contributed by atoms with E-state index in [1.807, 2.05) is 6.07 Å². The molecule has 0 spiro atoms. The van der Waals surface area contributed by atoms with Crippen molar-refractivity contribution in [2.45, 2.75) is 39.3 Å². The van der Waals surface area contributed by atoms with Gasteiger partial charge in [-0.05, 0) is 52.4 Å². The van der Waals surface area contributed by atoms with Crippen LogP contribution >= 0.6 is 0 Å². The molecule has 5 nitrogen and oxygen atoms in total. The van der Waals surface area contributed by atoms with Crippen LogP contribution in [0.2, 0.25) is 0 Å². The van der Waals surface area contributed by atoms with Crippen LogP contribution in [0.4, 0.5) is 5.69 Å². The number of non-ortho nitro benzene ring substituents is 1. The molecule has 1 aromatic rings. The summed E-state index contributed by atoms with van der Waals surface area (Å²) < 4.78 is 0. The van der Waals surface area contributed by atoms with E-state index in [2.05, 4.69) is 31.1 Å². The van der Waals surface area contributed by atoms with Gasteiger partial charge in [0, 0.05) is 24.7 Å². The summed E-state index contributed by atoms with van der Waals surface area (Å²) >= 11 is 0. The summed E-state index contributed by atoms with van der Waals surface area (Å²) in [5, 5.41) is 14.0. The van der Waals surface area contributed by atoms with Gasteiger partial charge in [-0.25, -0.2) is 0 Å². The van der Waals surface area contributed by atoms with Gasteiger partial charge >= 0.3 is 0 Å². The molecule has 20 heavy (non-hydrogen) atoms.